The van der Waals surface area contributed by atoms with Crippen LogP contribution in [-0.2, 0) is 6.54 Å². The first-order chi connectivity index (χ1) is 12.6. The van der Waals surface area contributed by atoms with E-state index in [4.69, 9.17) is 0 Å². The van der Waals surface area contributed by atoms with Gasteiger partial charge in [0.15, 0.2) is 0 Å². The summed E-state index contributed by atoms with van der Waals surface area (Å²) in [6, 6.07) is 1.90. The molecule has 132 valence electrons. The number of allylic oxidation sites excluding steroid dienone is 5. The number of anilines is 1. The van der Waals surface area contributed by atoms with Gasteiger partial charge in [-0.3, -0.25) is 9.48 Å². The van der Waals surface area contributed by atoms with Crippen LogP contribution in [0.1, 0.15) is 17.3 Å². The van der Waals surface area contributed by atoms with Crippen molar-refractivity contribution in [1.82, 2.24) is 19.7 Å². The summed E-state index contributed by atoms with van der Waals surface area (Å²) in [6.07, 6.45) is 14.3. The lowest BCUT2D eigenvalue weighted by atomic mass is 10.2. The Labute approximate surface area is 159 Å². The fourth-order valence-corrected chi connectivity index (χ4v) is 2.77. The third kappa shape index (κ3) is 4.00. The van der Waals surface area contributed by atoms with E-state index in [-0.39, 0.29) is 5.91 Å². The first-order valence-electron chi connectivity index (χ1n) is 8.01. The number of fused-ring (bicyclic) bond motifs is 1. The van der Waals surface area contributed by atoms with E-state index in [2.05, 4.69) is 42.9 Å². The van der Waals surface area contributed by atoms with E-state index < -0.39 is 0 Å². The number of carbonyl (C=O) groups excluding carboxylic acids is 1. The second kappa shape index (κ2) is 7.97. The molecular weight excluding hydrogens is 394 g/mol. The van der Waals surface area contributed by atoms with Crippen molar-refractivity contribution >= 4 is 38.6 Å². The lowest BCUT2D eigenvalue weighted by Gasteiger charge is -2.03. The molecule has 3 rings (SSSR count). The van der Waals surface area contributed by atoms with E-state index in [1.165, 1.54) is 0 Å². The fourth-order valence-electron chi connectivity index (χ4n) is 2.44. The second-order valence-corrected chi connectivity index (χ2v) is 6.52. The van der Waals surface area contributed by atoms with Crippen LogP contribution in [-0.4, -0.2) is 25.7 Å². The Morgan fingerprint density at radius 3 is 3.08 bits per heavy atom. The van der Waals surface area contributed by atoms with E-state index in [1.807, 2.05) is 31.2 Å². The number of rotatable bonds is 6. The lowest BCUT2D eigenvalue weighted by Crippen LogP contribution is -2.10. The Balaban J connectivity index is 1.75. The first kappa shape index (κ1) is 17.9. The Morgan fingerprint density at radius 1 is 1.46 bits per heavy atom. The maximum absolute atomic E-state index is 12.5. The Bertz CT molecular complexity index is 1010. The number of hydrogen-bond donors (Lipinski definition) is 2. The maximum Gasteiger partial charge on any atom is 0.258 e. The number of halogens is 1. The zero-order valence-electron chi connectivity index (χ0n) is 14.2. The molecule has 0 atom stereocenters. The molecule has 0 bridgehead atoms. The van der Waals surface area contributed by atoms with Crippen LogP contribution in [0.25, 0.3) is 11.0 Å². The molecule has 0 aliphatic heterocycles. The largest absolute Gasteiger partial charge is 0.344 e. The molecule has 0 saturated carbocycles. The van der Waals surface area contributed by atoms with Crippen LogP contribution >= 0.6 is 15.9 Å². The first-order valence-corrected chi connectivity index (χ1v) is 8.80. The summed E-state index contributed by atoms with van der Waals surface area (Å²) < 4.78 is 2.55. The number of H-pyrrole nitrogens is 1. The molecule has 2 N–H and O–H groups in total. The SMILES string of the molecule is C=C/C(=C\C=C/C)Cn1cc(C(=O)Nc2c[nH]c3ncc(Br)cc23)cn1. The van der Waals surface area contributed by atoms with E-state index in [1.54, 1.807) is 35.5 Å². The minimum atomic E-state index is -0.227. The van der Waals surface area contributed by atoms with Crippen molar-refractivity contribution in [3.63, 3.8) is 0 Å². The highest BCUT2D eigenvalue weighted by molar-refractivity contribution is 9.10. The average Bonchev–Trinajstić information content (AvgIpc) is 3.26. The van der Waals surface area contributed by atoms with Gasteiger partial charge in [0.1, 0.15) is 5.65 Å². The van der Waals surface area contributed by atoms with Crippen molar-refractivity contribution in [3.8, 4) is 0 Å². The minimum absolute atomic E-state index is 0.227. The Kier molecular flexibility index (Phi) is 5.48. The maximum atomic E-state index is 12.5. The van der Waals surface area contributed by atoms with Crippen molar-refractivity contribution in [2.24, 2.45) is 0 Å². The molecule has 0 aliphatic carbocycles. The van der Waals surface area contributed by atoms with Gasteiger partial charge < -0.3 is 10.3 Å². The summed E-state index contributed by atoms with van der Waals surface area (Å²) in [6.45, 7) is 6.30. The third-order valence-electron chi connectivity index (χ3n) is 3.75. The molecule has 6 nitrogen and oxygen atoms in total. The number of hydrogen-bond acceptors (Lipinski definition) is 3. The standard InChI is InChI=1S/C19H18BrN5O/c1-3-5-6-13(4-2)11-25-12-14(8-23-25)19(26)24-17-10-22-18-16(17)7-15(20)9-21-18/h3-10,12H,2,11H2,1H3,(H,21,22)(H,24,26)/b5-3-,13-6+. The topological polar surface area (TPSA) is 75.6 Å². The smallest absolute Gasteiger partial charge is 0.258 e. The highest BCUT2D eigenvalue weighted by Crippen LogP contribution is 2.25. The summed E-state index contributed by atoms with van der Waals surface area (Å²) in [5.74, 6) is -0.227. The summed E-state index contributed by atoms with van der Waals surface area (Å²) in [4.78, 5) is 19.8. The molecule has 0 aromatic carbocycles. The van der Waals surface area contributed by atoms with Gasteiger partial charge in [-0.1, -0.05) is 30.9 Å². The van der Waals surface area contributed by atoms with Crippen LogP contribution in [0, 0.1) is 0 Å². The van der Waals surface area contributed by atoms with Crippen molar-refractivity contribution in [2.75, 3.05) is 5.32 Å². The van der Waals surface area contributed by atoms with Gasteiger partial charge in [-0.2, -0.15) is 5.10 Å². The molecule has 0 unspecified atom stereocenters. The van der Waals surface area contributed by atoms with Gasteiger partial charge in [-0.25, -0.2) is 4.98 Å². The quantitative estimate of drug-likeness (QED) is 0.587. The highest BCUT2D eigenvalue weighted by Gasteiger charge is 2.12. The predicted octanol–water partition coefficient (Wildman–Crippen LogP) is 4.46. The fraction of sp³-hybridized carbons (Fsp3) is 0.105. The summed E-state index contributed by atoms with van der Waals surface area (Å²) in [5.41, 5.74) is 2.87. The zero-order chi connectivity index (χ0) is 18.5. The number of nitrogens with zero attached hydrogens (tertiary/aromatic N) is 3. The van der Waals surface area contributed by atoms with Gasteiger partial charge in [-0.05, 0) is 34.5 Å². The van der Waals surface area contributed by atoms with Crippen molar-refractivity contribution in [1.29, 1.82) is 0 Å². The molecule has 0 spiro atoms. The second-order valence-electron chi connectivity index (χ2n) is 5.60. The van der Waals surface area contributed by atoms with Gasteiger partial charge in [-0.15, -0.1) is 0 Å². The van der Waals surface area contributed by atoms with Gasteiger partial charge in [0.2, 0.25) is 0 Å². The number of aromatic amines is 1. The number of pyridine rings is 1. The monoisotopic (exact) mass is 411 g/mol. The van der Waals surface area contributed by atoms with Gasteiger partial charge in [0.25, 0.3) is 5.91 Å². The highest BCUT2D eigenvalue weighted by atomic mass is 79.9. The van der Waals surface area contributed by atoms with E-state index in [9.17, 15) is 4.79 Å². The van der Waals surface area contributed by atoms with Crippen LogP contribution in [0.2, 0.25) is 0 Å². The normalized spacial score (nSPS) is 12.0. The molecule has 3 aromatic rings. The van der Waals surface area contributed by atoms with Crippen molar-refractivity contribution in [3.05, 3.63) is 77.3 Å². The molecule has 1 amide bonds. The number of nitrogens with one attached hydrogen (secondary N) is 2. The molecule has 3 aromatic heterocycles. The van der Waals surface area contributed by atoms with Crippen LogP contribution in [0.4, 0.5) is 5.69 Å². The van der Waals surface area contributed by atoms with E-state index in [0.29, 0.717) is 23.4 Å². The number of amides is 1. The van der Waals surface area contributed by atoms with Crippen molar-refractivity contribution in [2.45, 2.75) is 13.5 Å². The molecule has 3 heterocycles. The molecule has 0 aliphatic rings. The lowest BCUT2D eigenvalue weighted by molar-refractivity contribution is 0.102. The van der Waals surface area contributed by atoms with Crippen LogP contribution in [0.5, 0.6) is 0 Å². The minimum Gasteiger partial charge on any atom is -0.344 e. The summed E-state index contributed by atoms with van der Waals surface area (Å²) in [5, 5.41) is 7.98. The third-order valence-corrected chi connectivity index (χ3v) is 4.18. The summed E-state index contributed by atoms with van der Waals surface area (Å²) in [7, 11) is 0. The molecule has 0 fully saturated rings. The van der Waals surface area contributed by atoms with Gasteiger partial charge >= 0.3 is 0 Å². The molecule has 0 radical (unpaired) electrons. The van der Waals surface area contributed by atoms with Crippen molar-refractivity contribution < 1.29 is 4.79 Å². The Morgan fingerprint density at radius 2 is 2.31 bits per heavy atom. The zero-order valence-corrected chi connectivity index (χ0v) is 15.8. The number of carbonyl (C=O) groups is 1. The summed E-state index contributed by atoms with van der Waals surface area (Å²) >= 11 is 3.39. The Hall–Kier alpha value is -2.93. The molecular formula is C19H18BrN5O. The predicted molar refractivity (Wildman–Crippen MR) is 107 cm³/mol. The molecule has 0 saturated heterocycles. The van der Waals surface area contributed by atoms with E-state index >= 15 is 0 Å². The molecule has 26 heavy (non-hydrogen) atoms. The van der Waals surface area contributed by atoms with Gasteiger partial charge in [0.05, 0.1) is 24.0 Å². The van der Waals surface area contributed by atoms with Crippen LogP contribution in [0.15, 0.2) is 71.8 Å². The number of aromatic nitrogens is 4. The molecule has 7 heteroatoms. The van der Waals surface area contributed by atoms with Gasteiger partial charge in [0, 0.05) is 28.4 Å². The van der Waals surface area contributed by atoms with Crippen LogP contribution < -0.4 is 5.32 Å². The van der Waals surface area contributed by atoms with E-state index in [0.717, 1.165) is 15.4 Å². The van der Waals surface area contributed by atoms with Crippen LogP contribution in [0.3, 0.4) is 0 Å². The average molecular weight is 412 g/mol.